The molecule has 0 unspecified atom stereocenters. The van der Waals surface area contributed by atoms with Crippen molar-refractivity contribution in [3.8, 4) is 0 Å². The number of aromatic nitrogens is 1. The maximum atomic E-state index is 11.8. The van der Waals surface area contributed by atoms with Crippen LogP contribution in [0, 0.1) is 6.92 Å². The van der Waals surface area contributed by atoms with Gasteiger partial charge in [0.05, 0.1) is 17.8 Å². The molecule has 0 radical (unpaired) electrons. The fourth-order valence-corrected chi connectivity index (χ4v) is 5.02. The fourth-order valence-electron chi connectivity index (χ4n) is 3.62. The van der Waals surface area contributed by atoms with Gasteiger partial charge in [-0.15, -0.1) is 11.3 Å². The summed E-state index contributed by atoms with van der Waals surface area (Å²) in [5.41, 5.74) is 3.84. The number of methoxy groups -OCH3 is 1. The summed E-state index contributed by atoms with van der Waals surface area (Å²) in [6.07, 6.45) is 1.80. The number of rotatable bonds is 6. The van der Waals surface area contributed by atoms with Gasteiger partial charge in [0.2, 0.25) is 5.91 Å². The Hall–Kier alpha value is -2.81. The summed E-state index contributed by atoms with van der Waals surface area (Å²) in [5.74, 6) is -0.189. The molecular formula is C22H22N4O2S2. The monoisotopic (exact) mass is 438 g/mol. The minimum absolute atomic E-state index is 0.0127. The average Bonchev–Trinajstić information content (AvgIpc) is 3.32. The van der Waals surface area contributed by atoms with E-state index in [1.54, 1.807) is 17.5 Å². The van der Waals surface area contributed by atoms with Crippen LogP contribution < -0.4 is 15.5 Å². The highest BCUT2D eigenvalue weighted by atomic mass is 32.1. The molecule has 1 aliphatic rings. The lowest BCUT2D eigenvalue weighted by molar-refractivity contribution is -0.119. The van der Waals surface area contributed by atoms with Gasteiger partial charge in [-0.3, -0.25) is 9.78 Å². The van der Waals surface area contributed by atoms with Crippen molar-refractivity contribution < 1.29 is 9.53 Å². The van der Waals surface area contributed by atoms with Crippen molar-refractivity contribution in [2.45, 2.75) is 19.0 Å². The molecule has 0 saturated carbocycles. The molecule has 1 fully saturated rings. The Morgan fingerprint density at radius 1 is 1.27 bits per heavy atom. The number of carbonyl (C=O) groups excluding carboxylic acids is 1. The highest BCUT2D eigenvalue weighted by Crippen LogP contribution is 2.44. The van der Waals surface area contributed by atoms with Crippen LogP contribution in [0.5, 0.6) is 0 Å². The molecule has 0 bridgehead atoms. The third kappa shape index (κ3) is 4.07. The maximum absolute atomic E-state index is 11.8. The molecule has 30 heavy (non-hydrogen) atoms. The van der Waals surface area contributed by atoms with Crippen LogP contribution in [0.1, 0.15) is 28.2 Å². The van der Waals surface area contributed by atoms with E-state index in [2.05, 4.69) is 38.9 Å². The van der Waals surface area contributed by atoms with Gasteiger partial charge < -0.3 is 20.3 Å². The number of pyridine rings is 1. The van der Waals surface area contributed by atoms with Gasteiger partial charge in [0.25, 0.3) is 0 Å². The zero-order chi connectivity index (χ0) is 21.1. The molecule has 0 spiro atoms. The molecule has 6 nitrogen and oxygen atoms in total. The molecule has 2 atom stereocenters. The number of nitrogens with one attached hydrogen (secondary N) is 2. The fraction of sp³-hybridized carbons (Fsp3) is 0.227. The van der Waals surface area contributed by atoms with Crippen LogP contribution in [-0.2, 0) is 9.53 Å². The summed E-state index contributed by atoms with van der Waals surface area (Å²) in [5, 5.41) is 9.04. The molecule has 1 aliphatic heterocycles. The van der Waals surface area contributed by atoms with E-state index in [-0.39, 0.29) is 24.6 Å². The Kier molecular flexibility index (Phi) is 6.08. The van der Waals surface area contributed by atoms with E-state index < -0.39 is 0 Å². The highest BCUT2D eigenvalue weighted by Gasteiger charge is 2.41. The first-order valence-corrected chi connectivity index (χ1v) is 10.8. The Balaban J connectivity index is 1.68. The van der Waals surface area contributed by atoms with Gasteiger partial charge in [-0.2, -0.15) is 0 Å². The number of hydrogen-bond donors (Lipinski definition) is 2. The van der Waals surface area contributed by atoms with Gasteiger partial charge in [-0.1, -0.05) is 6.07 Å². The minimum Gasteiger partial charge on any atom is -0.375 e. The first-order chi connectivity index (χ1) is 14.6. The number of nitrogens with zero attached hydrogens (tertiary/aromatic N) is 2. The molecule has 0 aliphatic carbocycles. The molecule has 1 saturated heterocycles. The quantitative estimate of drug-likeness (QED) is 0.562. The van der Waals surface area contributed by atoms with Crippen LogP contribution in [0.25, 0.3) is 0 Å². The van der Waals surface area contributed by atoms with Crippen LogP contribution in [0.4, 0.5) is 11.4 Å². The topological polar surface area (TPSA) is 66.5 Å². The third-order valence-electron chi connectivity index (χ3n) is 4.97. The highest BCUT2D eigenvalue weighted by molar-refractivity contribution is 7.80. The molecule has 3 heterocycles. The second-order valence-corrected chi connectivity index (χ2v) is 8.33. The lowest BCUT2D eigenvalue weighted by atomic mass is 10.0. The average molecular weight is 439 g/mol. The van der Waals surface area contributed by atoms with Gasteiger partial charge in [0, 0.05) is 29.6 Å². The van der Waals surface area contributed by atoms with Crippen LogP contribution in [0.15, 0.2) is 60.1 Å². The van der Waals surface area contributed by atoms with Gasteiger partial charge in [0.1, 0.15) is 6.61 Å². The van der Waals surface area contributed by atoms with E-state index in [1.165, 1.54) is 17.6 Å². The third-order valence-corrected chi connectivity index (χ3v) is 6.38. The Morgan fingerprint density at radius 2 is 2.07 bits per heavy atom. The Labute approximate surface area is 184 Å². The number of ether oxygens (including phenoxy) is 1. The predicted molar refractivity (Wildman–Crippen MR) is 124 cm³/mol. The van der Waals surface area contributed by atoms with Crippen LogP contribution >= 0.6 is 23.6 Å². The van der Waals surface area contributed by atoms with Crippen molar-refractivity contribution in [2.24, 2.45) is 0 Å². The Morgan fingerprint density at radius 3 is 2.70 bits per heavy atom. The number of hydrogen-bond acceptors (Lipinski definition) is 5. The van der Waals surface area contributed by atoms with Crippen LogP contribution in [-0.4, -0.2) is 29.7 Å². The lowest BCUT2D eigenvalue weighted by Gasteiger charge is -2.27. The predicted octanol–water partition coefficient (Wildman–Crippen LogP) is 4.21. The zero-order valence-corrected chi connectivity index (χ0v) is 18.3. The number of benzene rings is 1. The molecular weight excluding hydrogens is 416 g/mol. The van der Waals surface area contributed by atoms with Gasteiger partial charge in [-0.05, 0) is 72.5 Å². The number of aryl methyl sites for hydroxylation is 1. The first kappa shape index (κ1) is 20.5. The van der Waals surface area contributed by atoms with Gasteiger partial charge >= 0.3 is 0 Å². The van der Waals surface area contributed by atoms with E-state index in [4.69, 9.17) is 17.0 Å². The largest absolute Gasteiger partial charge is 0.375 e. The molecule has 4 rings (SSSR count). The molecule has 8 heteroatoms. The van der Waals surface area contributed by atoms with Gasteiger partial charge in [-0.25, -0.2) is 0 Å². The smallest absolute Gasteiger partial charge is 0.250 e. The van der Waals surface area contributed by atoms with Crippen molar-refractivity contribution in [1.82, 2.24) is 10.3 Å². The molecule has 2 aromatic heterocycles. The van der Waals surface area contributed by atoms with E-state index in [0.717, 1.165) is 11.4 Å². The SMILES string of the molecule is COCC(=O)Nc1ccc(N2C(=S)N[C@@H](c3ccccn3)[C@H]2c2sccc2C)cc1. The first-order valence-electron chi connectivity index (χ1n) is 9.52. The van der Waals surface area contributed by atoms with Crippen molar-refractivity contribution in [3.63, 3.8) is 0 Å². The molecule has 2 N–H and O–H groups in total. The van der Waals surface area contributed by atoms with E-state index >= 15 is 0 Å². The van der Waals surface area contributed by atoms with Crippen molar-refractivity contribution in [3.05, 3.63) is 76.2 Å². The van der Waals surface area contributed by atoms with E-state index in [1.807, 2.05) is 42.5 Å². The van der Waals surface area contributed by atoms with Crippen molar-refractivity contribution >= 4 is 45.9 Å². The zero-order valence-electron chi connectivity index (χ0n) is 16.7. The number of anilines is 2. The summed E-state index contributed by atoms with van der Waals surface area (Å²) >= 11 is 7.46. The summed E-state index contributed by atoms with van der Waals surface area (Å²) in [6, 6.07) is 15.7. The second kappa shape index (κ2) is 8.91. The Bertz CT molecular complexity index is 1040. The maximum Gasteiger partial charge on any atom is 0.250 e. The molecule has 1 aromatic carbocycles. The number of amides is 1. The lowest BCUT2D eigenvalue weighted by Crippen LogP contribution is -2.29. The summed E-state index contributed by atoms with van der Waals surface area (Å²) < 4.78 is 4.86. The number of thiocarbonyl (C=S) groups is 1. The molecule has 154 valence electrons. The standard InChI is InChI=1S/C22H22N4O2S2/c1-14-10-12-30-21(14)20-19(17-5-3-4-11-23-17)25-22(29)26(20)16-8-6-15(7-9-16)24-18(27)13-28-2/h3-12,19-20H,13H2,1-2H3,(H,24,27)(H,25,29)/t19-,20-/m0/s1. The summed E-state index contributed by atoms with van der Waals surface area (Å²) in [6.45, 7) is 2.14. The normalized spacial score (nSPS) is 18.3. The van der Waals surface area contributed by atoms with E-state index in [9.17, 15) is 4.79 Å². The molecule has 3 aromatic rings. The van der Waals surface area contributed by atoms with Crippen molar-refractivity contribution in [1.29, 1.82) is 0 Å². The van der Waals surface area contributed by atoms with Crippen LogP contribution in [0.3, 0.4) is 0 Å². The second-order valence-electron chi connectivity index (χ2n) is 6.99. The summed E-state index contributed by atoms with van der Waals surface area (Å²) in [7, 11) is 1.49. The minimum atomic E-state index is -0.189. The van der Waals surface area contributed by atoms with E-state index in [0.29, 0.717) is 10.8 Å². The summed E-state index contributed by atoms with van der Waals surface area (Å²) in [4.78, 5) is 19.7. The van der Waals surface area contributed by atoms with Crippen molar-refractivity contribution in [2.75, 3.05) is 23.9 Å². The van der Waals surface area contributed by atoms with Gasteiger partial charge in [0.15, 0.2) is 5.11 Å². The number of thiophene rings is 1. The van der Waals surface area contributed by atoms with Crippen LogP contribution in [0.2, 0.25) is 0 Å². The molecule has 1 amide bonds. The number of carbonyl (C=O) groups is 1.